The Hall–Kier alpha value is -11.4. The molecule has 9 aliphatic rings. The third kappa shape index (κ3) is 19.6. The molecule has 0 aromatic heterocycles. The van der Waals surface area contributed by atoms with Crippen molar-refractivity contribution in [3.05, 3.63) is 164 Å². The van der Waals surface area contributed by atoms with Gasteiger partial charge in [-0.3, -0.25) is 38.4 Å². The first kappa shape index (κ1) is 90.8. The highest BCUT2D eigenvalue weighted by atomic mass is 35.5. The number of aromatic hydroxyl groups is 4. The molecule has 18 atom stereocenters. The summed E-state index contributed by atoms with van der Waals surface area (Å²) < 4.78 is 45.0. The number of unbranched alkanes of at least 4 members (excludes halogenated alkanes) is 7. The van der Waals surface area contributed by atoms with Crippen molar-refractivity contribution in [3.8, 4) is 80.1 Å². The van der Waals surface area contributed by atoms with Crippen LogP contribution in [0.2, 0.25) is 10.0 Å². The number of likely N-dealkylation sites (N-methyl/N-ethyl adjacent to an activating group) is 2. The van der Waals surface area contributed by atoms with Crippen molar-refractivity contribution in [2.45, 2.75) is 181 Å². The lowest BCUT2D eigenvalue weighted by Gasteiger charge is -2.42. The van der Waals surface area contributed by atoms with E-state index < -0.39 is 254 Å². The number of nitrogens with zero attached hydrogens (tertiary/aromatic N) is 2. The molecule has 0 aliphatic carbocycles. The van der Waals surface area contributed by atoms with Crippen molar-refractivity contribution in [2.24, 2.45) is 0 Å². The van der Waals surface area contributed by atoms with Gasteiger partial charge in [0.2, 0.25) is 65.6 Å². The number of aliphatic hydroxyl groups is 8. The third-order valence-corrected chi connectivity index (χ3v) is 24.0. The number of aliphatic hydroxyl groups excluding tert-OH is 8. The lowest BCUT2D eigenvalue weighted by molar-refractivity contribution is -0.277. The molecular weight excluding hydrogens is 1690 g/mol. The number of amides is 8. The van der Waals surface area contributed by atoms with Gasteiger partial charge in [-0.25, -0.2) is 0 Å². The van der Waals surface area contributed by atoms with Crippen molar-refractivity contribution >= 4 is 70.5 Å². The zero-order valence-electron chi connectivity index (χ0n) is 68.3. The molecule has 0 unspecified atom stereocenters. The maximum atomic E-state index is 16.8. The molecule has 3 saturated heterocycles. The van der Waals surface area contributed by atoms with E-state index in [1.807, 2.05) is 4.90 Å². The minimum Gasteiger partial charge on any atom is -0.508 e. The van der Waals surface area contributed by atoms with Gasteiger partial charge < -0.3 is 147 Å². The van der Waals surface area contributed by atoms with Gasteiger partial charge in [-0.05, 0) is 127 Å². The van der Waals surface area contributed by atoms with Crippen molar-refractivity contribution in [1.82, 2.24) is 52.3 Å². The average Bonchev–Trinajstić information content (AvgIpc) is 0.757. The summed E-state index contributed by atoms with van der Waals surface area (Å²) in [6.45, 7) is 0.855. The number of halogens is 2. The molecule has 7 aromatic rings. The second-order valence-electron chi connectivity index (χ2n) is 32.0. The zero-order valence-corrected chi connectivity index (χ0v) is 69.8. The molecule has 20 N–H and O–H groups in total. The van der Waals surface area contributed by atoms with E-state index in [1.54, 1.807) is 7.05 Å². The number of phenolic OH excluding ortho intramolecular Hbond substituents is 4. The summed E-state index contributed by atoms with van der Waals surface area (Å²) >= 11 is 14.4. The highest BCUT2D eigenvalue weighted by molar-refractivity contribution is 6.33. The fourth-order valence-electron chi connectivity index (χ4n) is 16.3. The molecule has 16 rings (SSSR count). The second-order valence-corrected chi connectivity index (χ2v) is 32.8. The van der Waals surface area contributed by atoms with Gasteiger partial charge in [-0.1, -0.05) is 105 Å². The van der Waals surface area contributed by atoms with Gasteiger partial charge in [-0.15, -0.1) is 0 Å². The summed E-state index contributed by atoms with van der Waals surface area (Å²) in [5.74, 6) is -15.1. The van der Waals surface area contributed by atoms with Gasteiger partial charge in [0.05, 0.1) is 23.3 Å². The maximum Gasteiger partial charge on any atom is 0.249 e. The number of hydrogen-bond acceptors (Lipinski definition) is 29. The Kier molecular flexibility index (Phi) is 28.3. The normalized spacial score (nSPS) is 26.9. The van der Waals surface area contributed by atoms with E-state index in [0.29, 0.717) is 31.5 Å². The smallest absolute Gasteiger partial charge is 0.249 e. The molecule has 0 saturated carbocycles. The lowest BCUT2D eigenvalue weighted by atomic mass is 9.89. The Morgan fingerprint density at radius 3 is 1.83 bits per heavy atom. The lowest BCUT2D eigenvalue weighted by Crippen LogP contribution is -2.65. The van der Waals surface area contributed by atoms with Crippen molar-refractivity contribution in [3.63, 3.8) is 0 Å². The summed E-state index contributed by atoms with van der Waals surface area (Å²) in [6, 6.07) is 6.85. The Morgan fingerprint density at radius 2 is 1.13 bits per heavy atom. The molecule has 0 radical (unpaired) electrons. The molecule has 37 nitrogen and oxygen atoms in total. The van der Waals surface area contributed by atoms with Crippen LogP contribution in [0.25, 0.3) is 11.1 Å². The van der Waals surface area contributed by atoms with E-state index in [-0.39, 0.29) is 65.6 Å². The summed E-state index contributed by atoms with van der Waals surface area (Å²) in [5, 5.41) is 159. The van der Waals surface area contributed by atoms with Gasteiger partial charge in [0.1, 0.15) is 137 Å². The number of carbonyl (C=O) groups is 8. The zero-order chi connectivity index (χ0) is 89.8. The Morgan fingerprint density at radius 1 is 0.524 bits per heavy atom. The molecule has 7 aromatic carbocycles. The Balaban J connectivity index is 0.993. The molecule has 9 aliphatic heterocycles. The number of nitrogens with one attached hydrogen (secondary N) is 8. The Bertz CT molecular complexity index is 5260. The van der Waals surface area contributed by atoms with Gasteiger partial charge in [0, 0.05) is 67.8 Å². The highest BCUT2D eigenvalue weighted by Gasteiger charge is 2.50. The number of ether oxygens (including phenoxy) is 7. The molecule has 8 amide bonds. The Labute approximate surface area is 730 Å². The molecule has 672 valence electrons. The predicted molar refractivity (Wildman–Crippen MR) is 445 cm³/mol. The molecule has 3 fully saturated rings. The number of carbonyl (C=O) groups excluding carboxylic acids is 8. The van der Waals surface area contributed by atoms with Gasteiger partial charge >= 0.3 is 0 Å². The number of benzene rings is 7. The summed E-state index contributed by atoms with van der Waals surface area (Å²) in [5.41, 5.74) is -2.32. The van der Waals surface area contributed by atoms with Crippen LogP contribution in [0.4, 0.5) is 0 Å². The van der Waals surface area contributed by atoms with Crippen molar-refractivity contribution in [2.75, 3.05) is 53.5 Å². The monoisotopic (exact) mass is 1780 g/mol. The summed E-state index contributed by atoms with van der Waals surface area (Å²) in [7, 11) is 3.24. The van der Waals surface area contributed by atoms with E-state index in [0.717, 1.165) is 99.2 Å². The van der Waals surface area contributed by atoms with E-state index >= 15 is 28.8 Å². The molecule has 0 spiro atoms. The fourth-order valence-corrected chi connectivity index (χ4v) is 16.7. The molecular formula is C87H98Cl2N10O27. The van der Waals surface area contributed by atoms with Crippen LogP contribution in [0.3, 0.4) is 0 Å². The third-order valence-electron chi connectivity index (χ3n) is 23.3. The first-order valence-electron chi connectivity index (χ1n) is 41.3. The van der Waals surface area contributed by atoms with E-state index in [2.05, 4.69) is 49.5 Å². The minimum atomic E-state index is -2.40. The summed E-state index contributed by atoms with van der Waals surface area (Å²) in [4.78, 5) is 129. The van der Waals surface area contributed by atoms with Crippen LogP contribution in [-0.2, 0) is 54.3 Å². The number of piperazine rings is 1. The SMILES string of the molecule is CCCCCCCCCCC(=O)N[C@H]1[C@H](Oc2c3cc4cc2Oc2ccc(cc2Cl)[C@@H](O)[C@@H]2NC(=O)[C@H](NC(=O)[C@@H]4NC(=O)[C@H]4NC(=O)[C@@H](Cc5ccc(cc5)O3)NC(=O)[C@H](NC)c3ccc(O)c(c3)Oc3cc(O)c(Cl)c4c3)c3ccc(O)c(c3)-c3c(O[C@H]4O[C@H](CO)[C@@H](O)[C@H](O)[C@@H]4O)cc(O)cc3[C@H](C(=O)N3CCN(C)CC3)NC2=O)O[C@H](CO)[C@@H](O)[C@@H]1O. The molecule has 17 bridgehead atoms. The first-order valence-corrected chi connectivity index (χ1v) is 42.0. The predicted octanol–water partition coefficient (Wildman–Crippen LogP) is 3.54. The van der Waals surface area contributed by atoms with Crippen molar-refractivity contribution < 1.29 is 133 Å². The topological polar surface area (TPSA) is 547 Å². The largest absolute Gasteiger partial charge is 0.508 e. The van der Waals surface area contributed by atoms with E-state index in [1.165, 1.54) is 66.5 Å². The van der Waals surface area contributed by atoms with Crippen molar-refractivity contribution in [1.29, 1.82) is 0 Å². The average molecular weight is 1790 g/mol. The standard InChI is InChI=1S/C87H98Cl2N10O27/c1-4-5-6-7-8-9-10-11-12-62(106)92-71-75(110)73(108)60(37-100)124-86(71)126-78-58-31-43-32-59(78)122-55-22-17-42(29-50(55)88)72(107)70-84(118)96-69(85(119)99-25-23-98(3)24-26-99)48-33-44(102)34-57(123-87-77(112)76(111)74(109)61(38-101)125-87)63(48)47-28-40(15-20-52(47)103)66(81(115)97-70)93-82(116)67(43)94-83(117)68-49-35-46(36-54(105)64(49)89)121-56-30-41(16-21-53(56)104)65(90-2)80(114)91-51(79(113)95-68)27-39-13-18-45(120-58)19-14-39/h13-22,28-36,51,60-61,65-77,86-87,90,100-105,107-112H,4-12,23-27,37-38H2,1-3H3,(H,91,114)(H,92,106)(H,93,116)(H,94,117)(H,95,113)(H,96,118)(H,97,115)/t51-,60-,61-,65-,66-,67-,68+,69-,70+,71-,72-,73-,74-,75-,76+,77+,86+,87+/m1/s1. The number of phenols is 4. The second kappa shape index (κ2) is 39.2. The van der Waals surface area contributed by atoms with Crippen LogP contribution in [0.15, 0.2) is 115 Å². The fraction of sp³-hybridized carbons (Fsp3) is 0.425. The minimum absolute atomic E-state index is 0.0284. The van der Waals surface area contributed by atoms with Crippen LogP contribution in [0.5, 0.6) is 69.0 Å². The van der Waals surface area contributed by atoms with Gasteiger partial charge in [-0.2, -0.15) is 0 Å². The van der Waals surface area contributed by atoms with E-state index in [9.17, 15) is 70.9 Å². The number of rotatable bonds is 18. The van der Waals surface area contributed by atoms with Crippen LogP contribution >= 0.6 is 23.2 Å². The molecule has 39 heteroatoms. The summed E-state index contributed by atoms with van der Waals surface area (Å²) in [6.07, 6.45) is -13.0. The van der Waals surface area contributed by atoms with Crippen LogP contribution < -0.4 is 66.2 Å². The first-order chi connectivity index (χ1) is 60.4. The number of hydrogen-bond donors (Lipinski definition) is 20. The molecule has 126 heavy (non-hydrogen) atoms. The maximum absolute atomic E-state index is 16.8. The van der Waals surface area contributed by atoms with Gasteiger partial charge in [0.15, 0.2) is 23.0 Å². The van der Waals surface area contributed by atoms with Gasteiger partial charge in [0.25, 0.3) is 0 Å². The molecule has 9 heterocycles. The van der Waals surface area contributed by atoms with Crippen LogP contribution in [-0.4, -0.2) is 245 Å². The quantitative estimate of drug-likeness (QED) is 0.0546. The number of fused-ring (bicyclic) bond motifs is 14. The van der Waals surface area contributed by atoms with Crippen LogP contribution in [0.1, 0.15) is 140 Å². The van der Waals surface area contributed by atoms with E-state index in [4.69, 9.17) is 56.4 Å². The van der Waals surface area contributed by atoms with Crippen LogP contribution in [0, 0.1) is 0 Å². The highest BCUT2D eigenvalue weighted by Crippen LogP contribution is 2.51.